The monoisotopic (exact) mass is 394 g/mol. The molecule has 1 aliphatic carbocycles. The molecule has 2 aromatic rings. The summed E-state index contributed by atoms with van der Waals surface area (Å²) in [6.45, 7) is 0. The number of hydrogen-bond donors (Lipinski definition) is 1. The maximum absolute atomic E-state index is 10.8. The highest BCUT2D eigenvalue weighted by Gasteiger charge is 2.66. The van der Waals surface area contributed by atoms with Crippen LogP contribution in [0.2, 0.25) is 0 Å². The van der Waals surface area contributed by atoms with Crippen LogP contribution < -0.4 is 4.74 Å². The molecule has 124 valence electrons. The minimum atomic E-state index is -1.66. The second-order valence-corrected chi connectivity index (χ2v) is 7.57. The lowest BCUT2D eigenvalue weighted by Gasteiger charge is -2.53. The summed E-state index contributed by atoms with van der Waals surface area (Å²) < 4.78 is 7.26. The molecule has 2 aromatic carbocycles. The number of nitriles is 2. The fourth-order valence-electron chi connectivity index (χ4n) is 4.24. The molecule has 2 aliphatic rings. The summed E-state index contributed by atoms with van der Waals surface area (Å²) >= 11 is 3.41. The fourth-order valence-corrected chi connectivity index (χ4v) is 4.51. The third-order valence-corrected chi connectivity index (χ3v) is 6.01. The maximum atomic E-state index is 10.8. The van der Waals surface area contributed by atoms with Crippen molar-refractivity contribution in [3.63, 3.8) is 0 Å². The van der Waals surface area contributed by atoms with E-state index in [1.807, 2.05) is 48.5 Å². The van der Waals surface area contributed by atoms with Crippen LogP contribution in [0.5, 0.6) is 5.75 Å². The van der Waals surface area contributed by atoms with Crippen molar-refractivity contribution in [3.8, 4) is 17.9 Å². The van der Waals surface area contributed by atoms with Gasteiger partial charge < -0.3 is 9.84 Å². The highest BCUT2D eigenvalue weighted by atomic mass is 79.9. The first kappa shape index (κ1) is 16.1. The average Bonchev–Trinajstić information content (AvgIpc) is 2.63. The van der Waals surface area contributed by atoms with E-state index in [2.05, 4.69) is 28.1 Å². The molecule has 4 nitrogen and oxygen atoms in total. The Morgan fingerprint density at radius 1 is 1.08 bits per heavy atom. The molecule has 1 aliphatic heterocycles. The lowest BCUT2D eigenvalue weighted by Crippen LogP contribution is -2.60. The highest BCUT2D eigenvalue weighted by Crippen LogP contribution is 2.60. The van der Waals surface area contributed by atoms with E-state index in [1.54, 1.807) is 0 Å². The molecule has 1 heterocycles. The molecular formula is C20H15BrN2O2. The smallest absolute Gasteiger partial charge is 0.212 e. The van der Waals surface area contributed by atoms with Gasteiger partial charge in [0.25, 0.3) is 0 Å². The molecule has 0 radical (unpaired) electrons. The molecule has 4 rings (SSSR count). The van der Waals surface area contributed by atoms with Gasteiger partial charge in [0.1, 0.15) is 5.75 Å². The van der Waals surface area contributed by atoms with Gasteiger partial charge in [0.2, 0.25) is 5.41 Å². The van der Waals surface area contributed by atoms with Gasteiger partial charge in [-0.05, 0) is 41.7 Å². The molecular weight excluding hydrogens is 380 g/mol. The molecule has 2 bridgehead atoms. The molecule has 1 saturated carbocycles. The van der Waals surface area contributed by atoms with E-state index >= 15 is 0 Å². The zero-order chi connectivity index (χ0) is 17.7. The molecule has 0 aromatic heterocycles. The van der Waals surface area contributed by atoms with Crippen molar-refractivity contribution < 1.29 is 9.84 Å². The number of benzene rings is 2. The van der Waals surface area contributed by atoms with E-state index < -0.39 is 17.1 Å². The van der Waals surface area contributed by atoms with E-state index in [0.29, 0.717) is 18.6 Å². The van der Waals surface area contributed by atoms with Gasteiger partial charge in [-0.2, -0.15) is 10.5 Å². The van der Waals surface area contributed by atoms with Crippen LogP contribution in [0, 0.1) is 28.1 Å². The topological polar surface area (TPSA) is 77.0 Å². The Hall–Kier alpha value is -2.34. The van der Waals surface area contributed by atoms with E-state index in [4.69, 9.17) is 4.74 Å². The Labute approximate surface area is 154 Å². The summed E-state index contributed by atoms with van der Waals surface area (Å²) in [4.78, 5) is 0. The molecule has 5 heteroatoms. The Balaban J connectivity index is 2.00. The number of ether oxygens (including phenoxy) is 1. The predicted octanol–water partition coefficient (Wildman–Crippen LogP) is 4.01. The largest absolute Gasteiger partial charge is 0.479 e. The maximum Gasteiger partial charge on any atom is 0.212 e. The van der Waals surface area contributed by atoms with E-state index in [1.165, 1.54) is 0 Å². The van der Waals surface area contributed by atoms with Gasteiger partial charge in [0, 0.05) is 10.9 Å². The zero-order valence-corrected chi connectivity index (χ0v) is 14.9. The first-order chi connectivity index (χ1) is 12.1. The van der Waals surface area contributed by atoms with Crippen LogP contribution >= 0.6 is 15.9 Å². The standard InChI is InChI=1S/C20H15BrN2O2/c21-15-7-5-14(6-8-15)20-10-13(9-18(24)19(20,11-22)12-23)16-3-1-2-4-17(16)25-20/h1-8,13,18,24H,9-10H2/t13-,18-,20+/m1/s1. The molecule has 3 atom stereocenters. The van der Waals surface area contributed by atoms with Crippen LogP contribution in [0.25, 0.3) is 0 Å². The molecule has 0 amide bonds. The second kappa shape index (κ2) is 5.59. The van der Waals surface area contributed by atoms with E-state index in [0.717, 1.165) is 15.6 Å². The first-order valence-corrected chi connectivity index (χ1v) is 8.90. The van der Waals surface area contributed by atoms with Gasteiger partial charge >= 0.3 is 0 Å². The first-order valence-electron chi connectivity index (χ1n) is 8.11. The number of para-hydroxylation sites is 1. The van der Waals surface area contributed by atoms with Gasteiger partial charge in [-0.1, -0.05) is 46.3 Å². The van der Waals surface area contributed by atoms with Gasteiger partial charge in [0.05, 0.1) is 18.2 Å². The summed E-state index contributed by atoms with van der Waals surface area (Å²) in [5.41, 5.74) is -1.10. The van der Waals surface area contributed by atoms with Crippen LogP contribution in [0.4, 0.5) is 0 Å². The third kappa shape index (κ3) is 2.07. The summed E-state index contributed by atoms with van der Waals surface area (Å²) in [7, 11) is 0. The molecule has 1 fully saturated rings. The van der Waals surface area contributed by atoms with Crippen molar-refractivity contribution in [1.29, 1.82) is 10.5 Å². The third-order valence-electron chi connectivity index (χ3n) is 5.48. The summed E-state index contributed by atoms with van der Waals surface area (Å²) in [6, 6.07) is 19.3. The quantitative estimate of drug-likeness (QED) is 0.792. The number of halogens is 1. The van der Waals surface area contributed by atoms with Crippen molar-refractivity contribution in [3.05, 3.63) is 64.1 Å². The van der Waals surface area contributed by atoms with E-state index in [9.17, 15) is 15.6 Å². The molecule has 0 unspecified atom stereocenters. The SMILES string of the molecule is N#CC1(C#N)[C@H](O)C[C@@H]2C[C@@]1(c1ccc(Br)cc1)Oc1ccccc12. The number of aliphatic hydroxyl groups is 1. The summed E-state index contributed by atoms with van der Waals surface area (Å²) in [5.74, 6) is 0.724. The Kier molecular flexibility index (Phi) is 3.61. The van der Waals surface area contributed by atoms with Crippen LogP contribution in [-0.4, -0.2) is 11.2 Å². The van der Waals surface area contributed by atoms with Crippen LogP contribution in [0.1, 0.15) is 29.9 Å². The zero-order valence-electron chi connectivity index (χ0n) is 13.3. The van der Waals surface area contributed by atoms with Gasteiger partial charge in [-0.15, -0.1) is 0 Å². The summed E-state index contributed by atoms with van der Waals surface area (Å²) in [5, 5.41) is 30.7. The number of hydrogen-bond acceptors (Lipinski definition) is 4. The number of fused-ring (bicyclic) bond motifs is 4. The van der Waals surface area contributed by atoms with E-state index in [-0.39, 0.29) is 5.92 Å². The van der Waals surface area contributed by atoms with Crippen molar-refractivity contribution in [1.82, 2.24) is 0 Å². The normalized spacial score (nSPS) is 28.8. The van der Waals surface area contributed by atoms with Gasteiger partial charge in [-0.25, -0.2) is 0 Å². The Bertz CT molecular complexity index is 899. The number of nitrogens with zero attached hydrogens (tertiary/aromatic N) is 2. The van der Waals surface area contributed by atoms with Crippen molar-refractivity contribution in [2.75, 3.05) is 0 Å². The van der Waals surface area contributed by atoms with Gasteiger partial charge in [0.15, 0.2) is 5.60 Å². The highest BCUT2D eigenvalue weighted by molar-refractivity contribution is 9.10. The average molecular weight is 395 g/mol. The molecule has 0 spiro atoms. The van der Waals surface area contributed by atoms with Crippen LogP contribution in [0.15, 0.2) is 53.0 Å². The summed E-state index contributed by atoms with van der Waals surface area (Å²) in [6.07, 6.45) is -0.220. The van der Waals surface area contributed by atoms with Crippen molar-refractivity contribution in [2.45, 2.75) is 30.5 Å². The fraction of sp³-hybridized carbons (Fsp3) is 0.300. The molecule has 0 saturated heterocycles. The molecule has 1 N–H and O–H groups in total. The molecule has 25 heavy (non-hydrogen) atoms. The second-order valence-electron chi connectivity index (χ2n) is 6.66. The van der Waals surface area contributed by atoms with Crippen LogP contribution in [0.3, 0.4) is 0 Å². The number of aliphatic hydroxyl groups excluding tert-OH is 1. The van der Waals surface area contributed by atoms with Crippen molar-refractivity contribution >= 4 is 15.9 Å². The van der Waals surface area contributed by atoms with Crippen LogP contribution in [-0.2, 0) is 5.60 Å². The number of rotatable bonds is 1. The predicted molar refractivity (Wildman–Crippen MR) is 94.5 cm³/mol. The Morgan fingerprint density at radius 3 is 2.44 bits per heavy atom. The Morgan fingerprint density at radius 2 is 1.76 bits per heavy atom. The van der Waals surface area contributed by atoms with Crippen molar-refractivity contribution in [2.24, 2.45) is 5.41 Å². The lowest BCUT2D eigenvalue weighted by atomic mass is 9.55. The lowest BCUT2D eigenvalue weighted by molar-refractivity contribution is -0.123. The minimum Gasteiger partial charge on any atom is -0.479 e. The van der Waals surface area contributed by atoms with Gasteiger partial charge in [-0.3, -0.25) is 0 Å². The minimum absolute atomic E-state index is 0.0402.